The Bertz CT molecular complexity index is 558. The highest BCUT2D eigenvalue weighted by molar-refractivity contribution is 5.40. The molecular formula is C14H17FN4. The Labute approximate surface area is 111 Å². The molecule has 0 unspecified atom stereocenters. The van der Waals surface area contributed by atoms with Crippen LogP contribution in [-0.2, 0) is 0 Å². The van der Waals surface area contributed by atoms with Crippen molar-refractivity contribution in [2.24, 2.45) is 0 Å². The molecule has 3 heterocycles. The number of nitrogens with one attached hydrogen (secondary N) is 1. The van der Waals surface area contributed by atoms with Crippen molar-refractivity contribution in [1.82, 2.24) is 15.2 Å². The minimum atomic E-state index is -0.236. The molecule has 0 radical (unpaired) electrons. The summed E-state index contributed by atoms with van der Waals surface area (Å²) in [6.45, 7) is 3.72. The van der Waals surface area contributed by atoms with Crippen LogP contribution in [0.5, 0.6) is 0 Å². The summed E-state index contributed by atoms with van der Waals surface area (Å²) in [6.07, 6.45) is 5.58. The van der Waals surface area contributed by atoms with E-state index in [4.69, 9.17) is 0 Å². The molecule has 2 aromatic rings. The highest BCUT2D eigenvalue weighted by Crippen LogP contribution is 2.31. The molecule has 1 saturated heterocycles. The van der Waals surface area contributed by atoms with Crippen LogP contribution in [0.15, 0.2) is 24.5 Å². The molecule has 0 aliphatic carbocycles. The monoisotopic (exact) mass is 260 g/mol. The van der Waals surface area contributed by atoms with Crippen LogP contribution < -0.4 is 4.90 Å². The van der Waals surface area contributed by atoms with Crippen molar-refractivity contribution in [3.05, 3.63) is 41.6 Å². The normalized spacial score (nSPS) is 16.8. The van der Waals surface area contributed by atoms with Crippen molar-refractivity contribution in [3.63, 3.8) is 0 Å². The molecule has 1 N–H and O–H groups in total. The number of anilines is 1. The van der Waals surface area contributed by atoms with Gasteiger partial charge in [0.1, 0.15) is 0 Å². The van der Waals surface area contributed by atoms with E-state index in [1.54, 1.807) is 12.3 Å². The van der Waals surface area contributed by atoms with Crippen LogP contribution in [0.2, 0.25) is 0 Å². The van der Waals surface area contributed by atoms with E-state index in [-0.39, 0.29) is 5.82 Å². The molecule has 4 nitrogen and oxygen atoms in total. The summed E-state index contributed by atoms with van der Waals surface area (Å²) in [7, 11) is 0. The van der Waals surface area contributed by atoms with Crippen LogP contribution in [0.25, 0.3) is 0 Å². The molecule has 100 valence electrons. The van der Waals surface area contributed by atoms with Gasteiger partial charge >= 0.3 is 0 Å². The lowest BCUT2D eigenvalue weighted by Crippen LogP contribution is -2.34. The number of hydrogen-bond donors (Lipinski definition) is 1. The SMILES string of the molecule is Cc1[nH]ncc1C1CCN(c2ncccc2F)CC1. The number of aromatic nitrogens is 3. The van der Waals surface area contributed by atoms with Crippen molar-refractivity contribution in [3.8, 4) is 0 Å². The largest absolute Gasteiger partial charge is 0.354 e. The molecule has 0 atom stereocenters. The standard InChI is InChI=1S/C14H17FN4/c1-10-12(9-17-18-10)11-4-7-19(8-5-11)14-13(15)3-2-6-16-14/h2-3,6,9,11H,4-5,7-8H2,1H3,(H,17,18). The number of hydrogen-bond acceptors (Lipinski definition) is 3. The summed E-state index contributed by atoms with van der Waals surface area (Å²) in [5.41, 5.74) is 2.43. The van der Waals surface area contributed by atoms with Gasteiger partial charge in [-0.2, -0.15) is 5.10 Å². The molecule has 0 saturated carbocycles. The van der Waals surface area contributed by atoms with E-state index in [0.717, 1.165) is 31.6 Å². The fourth-order valence-corrected chi connectivity index (χ4v) is 2.78. The van der Waals surface area contributed by atoms with Crippen LogP contribution in [0.1, 0.15) is 30.0 Å². The molecule has 0 spiro atoms. The Morgan fingerprint density at radius 1 is 1.37 bits per heavy atom. The zero-order chi connectivity index (χ0) is 13.2. The van der Waals surface area contributed by atoms with Gasteiger partial charge in [0.2, 0.25) is 0 Å². The van der Waals surface area contributed by atoms with Crippen LogP contribution in [0, 0.1) is 12.7 Å². The van der Waals surface area contributed by atoms with E-state index in [1.165, 1.54) is 11.6 Å². The maximum atomic E-state index is 13.7. The number of nitrogens with zero attached hydrogens (tertiary/aromatic N) is 3. The van der Waals surface area contributed by atoms with E-state index in [9.17, 15) is 4.39 Å². The Hall–Kier alpha value is -1.91. The molecular weight excluding hydrogens is 243 g/mol. The number of aryl methyl sites for hydroxylation is 1. The van der Waals surface area contributed by atoms with Gasteiger partial charge in [0, 0.05) is 25.0 Å². The molecule has 1 aliphatic heterocycles. The molecule has 1 aliphatic rings. The number of rotatable bonds is 2. The predicted molar refractivity (Wildman–Crippen MR) is 71.7 cm³/mol. The highest BCUT2D eigenvalue weighted by Gasteiger charge is 2.24. The topological polar surface area (TPSA) is 44.8 Å². The molecule has 0 bridgehead atoms. The molecule has 2 aromatic heterocycles. The molecule has 3 rings (SSSR count). The number of halogens is 1. The van der Waals surface area contributed by atoms with Gasteiger partial charge in [-0.25, -0.2) is 9.37 Å². The first-order valence-electron chi connectivity index (χ1n) is 6.61. The third kappa shape index (κ3) is 2.32. The lowest BCUT2D eigenvalue weighted by atomic mass is 9.90. The maximum absolute atomic E-state index is 13.7. The van der Waals surface area contributed by atoms with Gasteiger partial charge in [-0.3, -0.25) is 5.10 Å². The minimum absolute atomic E-state index is 0.236. The molecule has 0 amide bonds. The maximum Gasteiger partial charge on any atom is 0.165 e. The van der Waals surface area contributed by atoms with E-state index in [1.807, 2.05) is 18.0 Å². The smallest absolute Gasteiger partial charge is 0.165 e. The average molecular weight is 260 g/mol. The second-order valence-electron chi connectivity index (χ2n) is 5.02. The summed E-state index contributed by atoms with van der Waals surface area (Å²) >= 11 is 0. The van der Waals surface area contributed by atoms with E-state index in [0.29, 0.717) is 11.7 Å². The second kappa shape index (κ2) is 4.99. The van der Waals surface area contributed by atoms with E-state index >= 15 is 0 Å². The third-order valence-electron chi connectivity index (χ3n) is 3.84. The van der Waals surface area contributed by atoms with Crippen LogP contribution in [0.3, 0.4) is 0 Å². The summed E-state index contributed by atoms with van der Waals surface area (Å²) in [6, 6.07) is 3.09. The number of H-pyrrole nitrogens is 1. The Morgan fingerprint density at radius 3 is 2.79 bits per heavy atom. The molecule has 1 fully saturated rings. The third-order valence-corrected chi connectivity index (χ3v) is 3.84. The van der Waals surface area contributed by atoms with Gasteiger partial charge in [0.15, 0.2) is 11.6 Å². The van der Waals surface area contributed by atoms with Gasteiger partial charge in [-0.1, -0.05) is 0 Å². The van der Waals surface area contributed by atoms with Gasteiger partial charge in [0.25, 0.3) is 0 Å². The number of piperidine rings is 1. The minimum Gasteiger partial charge on any atom is -0.354 e. The van der Waals surface area contributed by atoms with E-state index in [2.05, 4.69) is 15.2 Å². The zero-order valence-electron chi connectivity index (χ0n) is 10.9. The first kappa shape index (κ1) is 12.1. The first-order valence-corrected chi connectivity index (χ1v) is 6.61. The quantitative estimate of drug-likeness (QED) is 0.902. The summed E-state index contributed by atoms with van der Waals surface area (Å²) < 4.78 is 13.7. The van der Waals surface area contributed by atoms with Crippen LogP contribution in [0.4, 0.5) is 10.2 Å². The Kier molecular flexibility index (Phi) is 3.19. The lowest BCUT2D eigenvalue weighted by Gasteiger charge is -2.32. The van der Waals surface area contributed by atoms with Crippen molar-refractivity contribution in [2.45, 2.75) is 25.7 Å². The summed E-state index contributed by atoms with van der Waals surface area (Å²) in [5, 5.41) is 7.06. The Balaban J connectivity index is 1.70. The number of pyridine rings is 1. The van der Waals surface area contributed by atoms with Crippen molar-refractivity contribution in [1.29, 1.82) is 0 Å². The molecule has 0 aromatic carbocycles. The van der Waals surface area contributed by atoms with Crippen molar-refractivity contribution in [2.75, 3.05) is 18.0 Å². The van der Waals surface area contributed by atoms with Crippen molar-refractivity contribution >= 4 is 5.82 Å². The summed E-state index contributed by atoms with van der Waals surface area (Å²) in [4.78, 5) is 6.17. The van der Waals surface area contributed by atoms with Crippen molar-refractivity contribution < 1.29 is 4.39 Å². The van der Waals surface area contributed by atoms with E-state index < -0.39 is 0 Å². The Morgan fingerprint density at radius 2 is 2.16 bits per heavy atom. The first-order chi connectivity index (χ1) is 9.25. The fraction of sp³-hybridized carbons (Fsp3) is 0.429. The fourth-order valence-electron chi connectivity index (χ4n) is 2.78. The highest BCUT2D eigenvalue weighted by atomic mass is 19.1. The van der Waals surface area contributed by atoms with Gasteiger partial charge < -0.3 is 4.90 Å². The zero-order valence-corrected chi connectivity index (χ0v) is 10.9. The average Bonchev–Trinajstić information content (AvgIpc) is 2.86. The summed E-state index contributed by atoms with van der Waals surface area (Å²) in [5.74, 6) is 0.757. The van der Waals surface area contributed by atoms with Gasteiger partial charge in [-0.05, 0) is 43.4 Å². The lowest BCUT2D eigenvalue weighted by molar-refractivity contribution is 0.492. The van der Waals surface area contributed by atoms with Crippen LogP contribution >= 0.6 is 0 Å². The van der Waals surface area contributed by atoms with Gasteiger partial charge in [0.05, 0.1) is 6.20 Å². The molecule has 5 heteroatoms. The van der Waals surface area contributed by atoms with Crippen LogP contribution in [-0.4, -0.2) is 28.3 Å². The van der Waals surface area contributed by atoms with Gasteiger partial charge in [-0.15, -0.1) is 0 Å². The molecule has 19 heavy (non-hydrogen) atoms. The number of aromatic amines is 1. The second-order valence-corrected chi connectivity index (χ2v) is 5.02. The predicted octanol–water partition coefficient (Wildman–Crippen LogP) is 2.64.